The molecule has 1 aromatic rings. The zero-order valence-corrected chi connectivity index (χ0v) is 16.8. The molecule has 0 atom stereocenters. The largest absolute Gasteiger partial charge is 0.416 e. The lowest BCUT2D eigenvalue weighted by Gasteiger charge is -2.46. The zero-order chi connectivity index (χ0) is 23.1. The van der Waals surface area contributed by atoms with Crippen molar-refractivity contribution >= 4 is 17.5 Å². The Kier molecular flexibility index (Phi) is 6.19. The second-order valence-electron chi connectivity index (χ2n) is 8.72. The zero-order valence-electron chi connectivity index (χ0n) is 16.8. The number of alkyl halides is 6. The quantitative estimate of drug-likeness (QED) is 0.480. The summed E-state index contributed by atoms with van der Waals surface area (Å²) in [7, 11) is 0. The first-order valence-electron chi connectivity index (χ1n) is 9.09. The Bertz CT molecular complexity index is 782. The summed E-state index contributed by atoms with van der Waals surface area (Å²) in [5, 5.41) is 7.72. The highest BCUT2D eigenvalue weighted by atomic mass is 19.4. The molecule has 1 aliphatic heterocycles. The van der Waals surface area contributed by atoms with Crippen LogP contribution in [-0.4, -0.2) is 28.9 Å². The van der Waals surface area contributed by atoms with E-state index in [1.807, 2.05) is 33.0 Å². The summed E-state index contributed by atoms with van der Waals surface area (Å²) in [5.74, 6) is -2.49. The highest BCUT2D eigenvalue weighted by molar-refractivity contribution is 6.39. The van der Waals surface area contributed by atoms with E-state index >= 15 is 0 Å². The number of carbonyl (C=O) groups is 2. The van der Waals surface area contributed by atoms with Crippen molar-refractivity contribution in [3.63, 3.8) is 0 Å². The number of anilines is 1. The van der Waals surface area contributed by atoms with E-state index < -0.39 is 47.0 Å². The molecule has 168 valence electrons. The van der Waals surface area contributed by atoms with Gasteiger partial charge in [0.05, 0.1) is 11.1 Å². The van der Waals surface area contributed by atoms with Crippen molar-refractivity contribution in [2.45, 2.75) is 70.0 Å². The second kappa shape index (κ2) is 7.75. The number of benzene rings is 1. The van der Waals surface area contributed by atoms with Crippen LogP contribution in [0.4, 0.5) is 32.0 Å². The number of halogens is 6. The molecule has 1 aliphatic rings. The molecule has 0 aliphatic carbocycles. The van der Waals surface area contributed by atoms with Crippen molar-refractivity contribution in [1.82, 2.24) is 10.6 Å². The van der Waals surface area contributed by atoms with Crippen LogP contribution in [0.15, 0.2) is 18.2 Å². The van der Waals surface area contributed by atoms with Crippen LogP contribution in [0.1, 0.15) is 51.7 Å². The van der Waals surface area contributed by atoms with Gasteiger partial charge in [-0.25, -0.2) is 0 Å². The van der Waals surface area contributed by atoms with Crippen molar-refractivity contribution in [2.24, 2.45) is 0 Å². The van der Waals surface area contributed by atoms with Crippen LogP contribution < -0.4 is 16.0 Å². The van der Waals surface area contributed by atoms with E-state index in [0.717, 1.165) is 0 Å². The maximum absolute atomic E-state index is 12.9. The van der Waals surface area contributed by atoms with E-state index in [1.165, 1.54) is 0 Å². The summed E-state index contributed by atoms with van der Waals surface area (Å²) >= 11 is 0. The smallest absolute Gasteiger partial charge is 0.345 e. The third-order valence-corrected chi connectivity index (χ3v) is 4.58. The molecule has 0 saturated carbocycles. The molecule has 30 heavy (non-hydrogen) atoms. The van der Waals surface area contributed by atoms with Gasteiger partial charge in [-0.15, -0.1) is 0 Å². The van der Waals surface area contributed by atoms with E-state index in [0.29, 0.717) is 25.0 Å². The Morgan fingerprint density at radius 1 is 0.867 bits per heavy atom. The summed E-state index contributed by atoms with van der Waals surface area (Å²) in [6, 6.07) is 0.227. The molecule has 3 N–H and O–H groups in total. The van der Waals surface area contributed by atoms with Crippen molar-refractivity contribution in [3.8, 4) is 0 Å². The van der Waals surface area contributed by atoms with Gasteiger partial charge >= 0.3 is 24.2 Å². The van der Waals surface area contributed by atoms with E-state index in [9.17, 15) is 35.9 Å². The molecular weight excluding hydrogens is 416 g/mol. The number of hydrogen-bond donors (Lipinski definition) is 3. The summed E-state index contributed by atoms with van der Waals surface area (Å²) in [5.41, 5.74) is -4.65. The maximum Gasteiger partial charge on any atom is 0.416 e. The molecule has 0 bridgehead atoms. The molecule has 2 rings (SSSR count). The Hall–Kier alpha value is -2.30. The van der Waals surface area contributed by atoms with Crippen molar-refractivity contribution in [1.29, 1.82) is 0 Å². The summed E-state index contributed by atoms with van der Waals surface area (Å²) in [6.45, 7) is 7.64. The molecule has 11 heteroatoms. The average molecular weight is 439 g/mol. The Labute approximate surface area is 169 Å². The molecule has 1 aromatic carbocycles. The molecule has 0 aromatic heterocycles. The molecule has 1 heterocycles. The number of rotatable bonds is 2. The van der Waals surface area contributed by atoms with Gasteiger partial charge in [0.2, 0.25) is 0 Å². The summed E-state index contributed by atoms with van der Waals surface area (Å²) in [4.78, 5) is 24.3. The van der Waals surface area contributed by atoms with Gasteiger partial charge in [0.25, 0.3) is 0 Å². The van der Waals surface area contributed by atoms with E-state index in [2.05, 4.69) is 10.6 Å². The summed E-state index contributed by atoms with van der Waals surface area (Å²) in [6.07, 6.45) is -9.15. The van der Waals surface area contributed by atoms with Gasteiger partial charge in [0.1, 0.15) is 0 Å². The molecule has 0 spiro atoms. The second-order valence-corrected chi connectivity index (χ2v) is 8.72. The molecule has 1 saturated heterocycles. The molecule has 5 nitrogen and oxygen atoms in total. The average Bonchev–Trinajstić information content (AvgIpc) is 2.49. The lowest BCUT2D eigenvalue weighted by Crippen LogP contribution is -2.62. The highest BCUT2D eigenvalue weighted by Crippen LogP contribution is 2.37. The molecule has 1 fully saturated rings. The molecule has 0 unspecified atom stereocenters. The van der Waals surface area contributed by atoms with Gasteiger partial charge in [0.15, 0.2) is 0 Å². The minimum Gasteiger partial charge on any atom is -0.345 e. The lowest BCUT2D eigenvalue weighted by atomic mass is 9.79. The third kappa shape index (κ3) is 6.35. The molecular formula is C19H23F6N3O2. The Morgan fingerprint density at radius 3 is 1.70 bits per heavy atom. The van der Waals surface area contributed by atoms with Crippen LogP contribution >= 0.6 is 0 Å². The fourth-order valence-electron chi connectivity index (χ4n) is 3.89. The minimum absolute atomic E-state index is 0.0606. The fraction of sp³-hybridized carbons (Fsp3) is 0.579. The lowest BCUT2D eigenvalue weighted by molar-refractivity contribution is -0.143. The predicted octanol–water partition coefficient (Wildman–Crippen LogP) is 4.09. The normalized spacial score (nSPS) is 19.3. The Balaban J connectivity index is 2.18. The first kappa shape index (κ1) is 24.0. The van der Waals surface area contributed by atoms with E-state index in [-0.39, 0.29) is 17.1 Å². The maximum atomic E-state index is 12.9. The van der Waals surface area contributed by atoms with Gasteiger partial charge in [-0.2, -0.15) is 26.3 Å². The fourth-order valence-corrected chi connectivity index (χ4v) is 3.89. The SMILES string of the molecule is CC1(C)CC(NC(=O)C(=O)Nc2cc(C(F)(F)F)cc(C(F)(F)F)c2)CC(C)(C)N1. The first-order valence-corrected chi connectivity index (χ1v) is 9.09. The van der Waals surface area contributed by atoms with E-state index in [4.69, 9.17) is 0 Å². The van der Waals surface area contributed by atoms with Crippen LogP contribution in [0.2, 0.25) is 0 Å². The minimum atomic E-state index is -5.06. The van der Waals surface area contributed by atoms with Crippen LogP contribution in [-0.2, 0) is 21.9 Å². The number of piperidine rings is 1. The molecule has 0 radical (unpaired) electrons. The van der Waals surface area contributed by atoms with Crippen LogP contribution in [0, 0.1) is 0 Å². The topological polar surface area (TPSA) is 70.2 Å². The van der Waals surface area contributed by atoms with Crippen LogP contribution in [0.5, 0.6) is 0 Å². The van der Waals surface area contributed by atoms with Gasteiger partial charge in [-0.3, -0.25) is 9.59 Å². The van der Waals surface area contributed by atoms with Crippen molar-refractivity contribution < 1.29 is 35.9 Å². The van der Waals surface area contributed by atoms with E-state index in [1.54, 1.807) is 0 Å². The predicted molar refractivity (Wildman–Crippen MR) is 97.5 cm³/mol. The van der Waals surface area contributed by atoms with Crippen LogP contribution in [0.25, 0.3) is 0 Å². The van der Waals surface area contributed by atoms with Gasteiger partial charge in [-0.1, -0.05) is 0 Å². The number of nitrogens with one attached hydrogen (secondary N) is 3. The number of amides is 2. The van der Waals surface area contributed by atoms with Gasteiger partial charge in [-0.05, 0) is 58.7 Å². The monoisotopic (exact) mass is 439 g/mol. The first-order chi connectivity index (χ1) is 13.4. The standard InChI is InChI=1S/C19H23F6N3O2/c1-16(2)8-13(9-17(3,4)28-16)27-15(30)14(29)26-12-6-10(18(20,21)22)5-11(7-12)19(23,24)25/h5-7,13,28H,8-9H2,1-4H3,(H,26,29)(H,27,30). The molecule has 2 amide bonds. The highest BCUT2D eigenvalue weighted by Gasteiger charge is 2.39. The number of carbonyl (C=O) groups excluding carboxylic acids is 2. The third-order valence-electron chi connectivity index (χ3n) is 4.58. The summed E-state index contributed by atoms with van der Waals surface area (Å²) < 4.78 is 77.5. The van der Waals surface area contributed by atoms with Crippen molar-refractivity contribution in [3.05, 3.63) is 29.3 Å². The number of hydrogen-bond acceptors (Lipinski definition) is 3. The van der Waals surface area contributed by atoms with Crippen LogP contribution in [0.3, 0.4) is 0 Å². The van der Waals surface area contributed by atoms with Gasteiger partial charge < -0.3 is 16.0 Å². The van der Waals surface area contributed by atoms with Gasteiger partial charge in [0, 0.05) is 22.8 Å². The van der Waals surface area contributed by atoms with Crippen molar-refractivity contribution in [2.75, 3.05) is 5.32 Å². The Morgan fingerprint density at radius 2 is 1.30 bits per heavy atom.